The molecule has 0 atom stereocenters. The second-order valence-electron chi connectivity index (χ2n) is 7.55. The molecule has 0 radical (unpaired) electrons. The van der Waals surface area contributed by atoms with Crippen LogP contribution in [0.15, 0.2) is 48.7 Å². The van der Waals surface area contributed by atoms with Gasteiger partial charge in [0.25, 0.3) is 11.7 Å². The van der Waals surface area contributed by atoms with E-state index in [1.54, 1.807) is 34.9 Å². The molecule has 1 aliphatic heterocycles. The van der Waals surface area contributed by atoms with Crippen LogP contribution in [0.1, 0.15) is 23.3 Å². The maximum atomic E-state index is 13.4. The summed E-state index contributed by atoms with van der Waals surface area (Å²) in [7, 11) is 1.53. The van der Waals surface area contributed by atoms with Crippen LogP contribution in [0.4, 0.5) is 0 Å². The standard InChI is InChI=1S/C23H22ClN3O4/c1-31-19-6-5-15(12-18(19)24)17-13-16-4-2-3-9-27(16)20(17)21(28)23(30)26-10-7-14(8-11-26)22(25)29/h2-6,9,12-14H,7-8,10-11H2,1H3,(H2,25,29). The van der Waals surface area contributed by atoms with Gasteiger partial charge in [-0.2, -0.15) is 0 Å². The molecular weight excluding hydrogens is 418 g/mol. The Balaban J connectivity index is 1.72. The summed E-state index contributed by atoms with van der Waals surface area (Å²) in [6.45, 7) is 0.649. The average Bonchev–Trinajstić information content (AvgIpc) is 3.17. The highest BCUT2D eigenvalue weighted by molar-refractivity contribution is 6.43. The Morgan fingerprint density at radius 1 is 1.10 bits per heavy atom. The first kappa shape index (κ1) is 20.9. The first-order valence-corrected chi connectivity index (χ1v) is 10.4. The number of carbonyl (C=O) groups is 3. The average molecular weight is 440 g/mol. The van der Waals surface area contributed by atoms with Crippen LogP contribution < -0.4 is 10.5 Å². The fourth-order valence-corrected chi connectivity index (χ4v) is 4.28. The van der Waals surface area contributed by atoms with E-state index in [0.717, 1.165) is 5.52 Å². The number of aromatic nitrogens is 1. The van der Waals surface area contributed by atoms with Crippen molar-refractivity contribution in [3.05, 3.63) is 59.4 Å². The third-order valence-electron chi connectivity index (χ3n) is 5.74. The minimum atomic E-state index is -0.606. The molecule has 1 saturated heterocycles. The lowest BCUT2D eigenvalue weighted by Gasteiger charge is -2.30. The predicted molar refractivity (Wildman–Crippen MR) is 117 cm³/mol. The number of halogens is 1. The number of hydrogen-bond acceptors (Lipinski definition) is 4. The summed E-state index contributed by atoms with van der Waals surface area (Å²) >= 11 is 6.30. The molecule has 1 aromatic carbocycles. The fraction of sp³-hybridized carbons (Fsp3) is 0.261. The molecule has 2 N–H and O–H groups in total. The minimum Gasteiger partial charge on any atom is -0.495 e. The molecule has 0 bridgehead atoms. The van der Waals surface area contributed by atoms with Crippen molar-refractivity contribution in [3.63, 3.8) is 0 Å². The van der Waals surface area contributed by atoms with E-state index in [4.69, 9.17) is 22.1 Å². The number of methoxy groups -OCH3 is 1. The van der Waals surface area contributed by atoms with Gasteiger partial charge in [0.2, 0.25) is 5.91 Å². The van der Waals surface area contributed by atoms with Crippen molar-refractivity contribution in [3.8, 4) is 16.9 Å². The topological polar surface area (TPSA) is 94.1 Å². The van der Waals surface area contributed by atoms with Gasteiger partial charge < -0.3 is 19.8 Å². The van der Waals surface area contributed by atoms with E-state index in [0.29, 0.717) is 47.8 Å². The summed E-state index contributed by atoms with van der Waals surface area (Å²) in [6.07, 6.45) is 2.68. The predicted octanol–water partition coefficient (Wildman–Crippen LogP) is 3.17. The Hall–Kier alpha value is -3.32. The van der Waals surface area contributed by atoms with Crippen LogP contribution >= 0.6 is 11.6 Å². The van der Waals surface area contributed by atoms with Crippen LogP contribution in [0, 0.1) is 5.92 Å². The number of ketones is 1. The Morgan fingerprint density at radius 2 is 1.84 bits per heavy atom. The van der Waals surface area contributed by atoms with E-state index in [-0.39, 0.29) is 17.5 Å². The zero-order chi connectivity index (χ0) is 22.1. The van der Waals surface area contributed by atoms with Crippen molar-refractivity contribution in [1.29, 1.82) is 0 Å². The highest BCUT2D eigenvalue weighted by Gasteiger charge is 2.32. The van der Waals surface area contributed by atoms with Gasteiger partial charge in [0.15, 0.2) is 0 Å². The van der Waals surface area contributed by atoms with Gasteiger partial charge in [-0.25, -0.2) is 0 Å². The number of primary amides is 1. The maximum absolute atomic E-state index is 13.4. The summed E-state index contributed by atoms with van der Waals surface area (Å²) < 4.78 is 6.93. The van der Waals surface area contributed by atoms with Crippen molar-refractivity contribution in [1.82, 2.24) is 9.30 Å². The van der Waals surface area contributed by atoms with Gasteiger partial charge in [0.1, 0.15) is 11.4 Å². The normalized spacial score (nSPS) is 14.6. The van der Waals surface area contributed by atoms with Gasteiger partial charge >= 0.3 is 0 Å². The summed E-state index contributed by atoms with van der Waals surface area (Å²) in [4.78, 5) is 39.3. The molecule has 3 aromatic rings. The molecule has 3 heterocycles. The van der Waals surface area contributed by atoms with Crippen molar-refractivity contribution in [2.24, 2.45) is 11.7 Å². The molecule has 0 unspecified atom stereocenters. The van der Waals surface area contributed by atoms with Crippen molar-refractivity contribution in [2.45, 2.75) is 12.8 Å². The van der Waals surface area contributed by atoms with Crippen molar-refractivity contribution < 1.29 is 19.1 Å². The van der Waals surface area contributed by atoms with Gasteiger partial charge in [-0.1, -0.05) is 23.7 Å². The Morgan fingerprint density at radius 3 is 2.48 bits per heavy atom. The molecule has 2 aromatic heterocycles. The van der Waals surface area contributed by atoms with Crippen LogP contribution in [0.25, 0.3) is 16.6 Å². The van der Waals surface area contributed by atoms with Crippen molar-refractivity contribution in [2.75, 3.05) is 20.2 Å². The van der Waals surface area contributed by atoms with Gasteiger partial charge in [0, 0.05) is 36.3 Å². The van der Waals surface area contributed by atoms with Crippen LogP contribution in [0.3, 0.4) is 0 Å². The molecule has 0 saturated carbocycles. The SMILES string of the molecule is COc1ccc(-c2cc3ccccn3c2C(=O)C(=O)N2CCC(C(N)=O)CC2)cc1Cl. The van der Waals surface area contributed by atoms with E-state index in [2.05, 4.69) is 0 Å². The molecule has 0 aliphatic carbocycles. The number of carbonyl (C=O) groups excluding carboxylic acids is 3. The van der Waals surface area contributed by atoms with Crippen LogP contribution in [-0.2, 0) is 9.59 Å². The highest BCUT2D eigenvalue weighted by Crippen LogP contribution is 2.34. The molecule has 31 heavy (non-hydrogen) atoms. The van der Waals surface area contributed by atoms with Crippen molar-refractivity contribution >= 4 is 34.7 Å². The lowest BCUT2D eigenvalue weighted by atomic mass is 9.95. The van der Waals surface area contributed by atoms with E-state index in [1.807, 2.05) is 18.2 Å². The number of rotatable bonds is 5. The molecule has 1 aliphatic rings. The summed E-state index contributed by atoms with van der Waals surface area (Å²) in [6, 6.07) is 12.6. The number of Topliss-reactive ketones (excluding diaryl/α,β-unsaturated/α-hetero) is 1. The first-order chi connectivity index (χ1) is 14.9. The molecule has 8 heteroatoms. The number of pyridine rings is 1. The number of ether oxygens (including phenoxy) is 1. The van der Waals surface area contributed by atoms with Gasteiger partial charge in [0.05, 0.1) is 12.1 Å². The number of piperidine rings is 1. The molecule has 4 rings (SSSR count). The van der Waals surface area contributed by atoms with E-state index in [1.165, 1.54) is 12.0 Å². The van der Waals surface area contributed by atoms with E-state index >= 15 is 0 Å². The molecular formula is C23H22ClN3O4. The number of nitrogens with two attached hydrogens (primary N) is 1. The Labute approximate surface area is 184 Å². The highest BCUT2D eigenvalue weighted by atomic mass is 35.5. The molecule has 2 amide bonds. The maximum Gasteiger partial charge on any atom is 0.296 e. The summed E-state index contributed by atoms with van der Waals surface area (Å²) in [5.74, 6) is -1.30. The van der Waals surface area contributed by atoms with Gasteiger partial charge in [-0.15, -0.1) is 0 Å². The lowest BCUT2D eigenvalue weighted by Crippen LogP contribution is -2.44. The number of nitrogens with zero attached hydrogens (tertiary/aromatic N) is 2. The first-order valence-electron chi connectivity index (χ1n) is 9.97. The molecule has 160 valence electrons. The monoisotopic (exact) mass is 439 g/mol. The zero-order valence-electron chi connectivity index (χ0n) is 17.0. The van der Waals surface area contributed by atoms with Gasteiger partial charge in [-0.3, -0.25) is 14.4 Å². The third-order valence-corrected chi connectivity index (χ3v) is 6.03. The smallest absolute Gasteiger partial charge is 0.296 e. The molecule has 0 spiro atoms. The number of fused-ring (bicyclic) bond motifs is 1. The fourth-order valence-electron chi connectivity index (χ4n) is 4.02. The number of likely N-dealkylation sites (tertiary alicyclic amines) is 1. The zero-order valence-corrected chi connectivity index (χ0v) is 17.8. The van der Waals surface area contributed by atoms with Crippen LogP contribution in [0.2, 0.25) is 5.02 Å². The van der Waals surface area contributed by atoms with E-state index in [9.17, 15) is 14.4 Å². The van der Waals surface area contributed by atoms with E-state index < -0.39 is 11.7 Å². The Kier molecular flexibility index (Phi) is 5.69. The minimum absolute atomic E-state index is 0.259. The number of hydrogen-bond donors (Lipinski definition) is 1. The van der Waals surface area contributed by atoms with Gasteiger partial charge in [-0.05, 0) is 48.7 Å². The van der Waals surface area contributed by atoms with Crippen LogP contribution in [-0.4, -0.2) is 47.1 Å². The summed E-state index contributed by atoms with van der Waals surface area (Å²) in [5.41, 5.74) is 7.75. The largest absolute Gasteiger partial charge is 0.495 e. The lowest BCUT2D eigenvalue weighted by molar-refractivity contribution is -0.131. The quantitative estimate of drug-likeness (QED) is 0.488. The second-order valence-corrected chi connectivity index (χ2v) is 7.96. The molecule has 1 fully saturated rings. The number of benzene rings is 1. The van der Waals surface area contributed by atoms with Crippen LogP contribution in [0.5, 0.6) is 5.75 Å². The second kappa shape index (κ2) is 8.43. The molecule has 7 nitrogen and oxygen atoms in total. The number of amides is 2. The summed E-state index contributed by atoms with van der Waals surface area (Å²) in [5, 5.41) is 0.411. The Bertz CT molecular complexity index is 1180. The third kappa shape index (κ3) is 3.88.